The van der Waals surface area contributed by atoms with E-state index in [0.29, 0.717) is 4.83 Å². The Labute approximate surface area is 88.5 Å². The lowest BCUT2D eigenvalue weighted by molar-refractivity contribution is 0.461. The van der Waals surface area contributed by atoms with Crippen LogP contribution in [-0.2, 0) is 12.5 Å². The van der Waals surface area contributed by atoms with Gasteiger partial charge in [-0.15, -0.1) is 0 Å². The largest absolute Gasteiger partial charge is 0.276 e. The predicted molar refractivity (Wildman–Crippen MR) is 59.2 cm³/mol. The number of alkyl halides is 1. The molecule has 1 aromatic heterocycles. The summed E-state index contributed by atoms with van der Waals surface area (Å²) >= 11 is 3.58. The van der Waals surface area contributed by atoms with E-state index in [0.717, 1.165) is 6.42 Å². The van der Waals surface area contributed by atoms with Gasteiger partial charge in [-0.3, -0.25) is 4.68 Å². The maximum atomic E-state index is 4.43. The second kappa shape index (κ2) is 3.82. The highest BCUT2D eigenvalue weighted by Gasteiger charge is 2.24. The summed E-state index contributed by atoms with van der Waals surface area (Å²) in [5, 5.41) is 4.43. The highest BCUT2D eigenvalue weighted by atomic mass is 79.9. The van der Waals surface area contributed by atoms with Crippen LogP contribution < -0.4 is 0 Å². The van der Waals surface area contributed by atoms with Crippen molar-refractivity contribution < 1.29 is 0 Å². The van der Waals surface area contributed by atoms with Gasteiger partial charge in [0.15, 0.2) is 0 Å². The summed E-state index contributed by atoms with van der Waals surface area (Å²) in [4.78, 5) is 0.532. The molecule has 0 aliphatic heterocycles. The second-order valence-corrected chi connectivity index (χ2v) is 5.81. The fourth-order valence-electron chi connectivity index (χ4n) is 1.58. The molecule has 2 nitrogen and oxygen atoms in total. The van der Waals surface area contributed by atoms with Gasteiger partial charge < -0.3 is 0 Å². The van der Waals surface area contributed by atoms with E-state index in [-0.39, 0.29) is 5.41 Å². The van der Waals surface area contributed by atoms with Crippen LogP contribution in [0.15, 0.2) is 12.3 Å². The van der Waals surface area contributed by atoms with E-state index in [1.54, 1.807) is 0 Å². The molecule has 0 N–H and O–H groups in total. The molecular formula is C10H17BrN2. The van der Waals surface area contributed by atoms with Crippen molar-refractivity contribution in [2.24, 2.45) is 7.05 Å². The topological polar surface area (TPSA) is 17.8 Å². The van der Waals surface area contributed by atoms with Crippen molar-refractivity contribution >= 4 is 15.9 Å². The molecule has 0 aliphatic carbocycles. The van der Waals surface area contributed by atoms with E-state index in [2.05, 4.69) is 47.9 Å². The lowest BCUT2D eigenvalue weighted by atomic mass is 9.85. The van der Waals surface area contributed by atoms with E-state index in [1.165, 1.54) is 5.69 Å². The molecule has 1 atom stereocenters. The molecule has 0 saturated carbocycles. The van der Waals surface area contributed by atoms with Crippen LogP contribution in [0.1, 0.15) is 32.9 Å². The van der Waals surface area contributed by atoms with Crippen molar-refractivity contribution in [2.45, 2.75) is 37.4 Å². The molecule has 0 fully saturated rings. The first-order valence-corrected chi connectivity index (χ1v) is 5.47. The molecule has 0 saturated heterocycles. The van der Waals surface area contributed by atoms with E-state index in [1.807, 2.05) is 17.9 Å². The fourth-order valence-corrected chi connectivity index (χ4v) is 2.39. The first-order chi connectivity index (χ1) is 5.92. The van der Waals surface area contributed by atoms with Gasteiger partial charge >= 0.3 is 0 Å². The molecule has 0 spiro atoms. The second-order valence-electron chi connectivity index (χ2n) is 4.24. The molecule has 1 rings (SSSR count). The fraction of sp³-hybridized carbons (Fsp3) is 0.700. The molecule has 0 aliphatic rings. The number of nitrogens with zero attached hydrogens (tertiary/aromatic N) is 2. The normalized spacial score (nSPS) is 14.5. The van der Waals surface area contributed by atoms with Gasteiger partial charge in [0.05, 0.1) is 5.69 Å². The van der Waals surface area contributed by atoms with Crippen molar-refractivity contribution in [3.05, 3.63) is 18.0 Å². The third kappa shape index (κ3) is 2.83. The Kier molecular flexibility index (Phi) is 3.17. The quantitative estimate of drug-likeness (QED) is 0.749. The molecule has 1 heterocycles. The maximum absolute atomic E-state index is 4.43. The van der Waals surface area contributed by atoms with E-state index in [4.69, 9.17) is 0 Å². The van der Waals surface area contributed by atoms with Crippen LogP contribution in [0.25, 0.3) is 0 Å². The monoisotopic (exact) mass is 244 g/mol. The van der Waals surface area contributed by atoms with Crippen molar-refractivity contribution in [1.82, 2.24) is 9.78 Å². The highest BCUT2D eigenvalue weighted by molar-refractivity contribution is 9.09. The molecule has 0 aromatic carbocycles. The Hall–Kier alpha value is -0.310. The Morgan fingerprint density at radius 1 is 1.62 bits per heavy atom. The average Bonchev–Trinajstić information content (AvgIpc) is 2.32. The molecule has 13 heavy (non-hydrogen) atoms. The van der Waals surface area contributed by atoms with Crippen LogP contribution in [0.2, 0.25) is 0 Å². The van der Waals surface area contributed by atoms with E-state index >= 15 is 0 Å². The van der Waals surface area contributed by atoms with Crippen LogP contribution in [0.3, 0.4) is 0 Å². The van der Waals surface area contributed by atoms with Gasteiger partial charge in [-0.25, -0.2) is 0 Å². The van der Waals surface area contributed by atoms with Crippen LogP contribution >= 0.6 is 15.9 Å². The van der Waals surface area contributed by atoms with Gasteiger partial charge in [-0.05, 0) is 12.5 Å². The lowest BCUT2D eigenvalue weighted by Crippen LogP contribution is -2.21. The van der Waals surface area contributed by atoms with Crippen molar-refractivity contribution in [3.8, 4) is 0 Å². The predicted octanol–water partition coefficient (Wildman–Crippen LogP) is 2.87. The minimum absolute atomic E-state index is 0.157. The molecule has 1 aromatic rings. The molecule has 1 unspecified atom stereocenters. The Bertz CT molecular complexity index is 276. The molecule has 0 bridgehead atoms. The van der Waals surface area contributed by atoms with Gasteiger partial charge in [0.1, 0.15) is 0 Å². The molecule has 3 heteroatoms. The van der Waals surface area contributed by atoms with E-state index < -0.39 is 0 Å². The number of halogens is 1. The average molecular weight is 245 g/mol. The standard InChI is InChI=1S/C10H17BrN2/c1-8(11)7-10(2,3)9-5-6-13(4)12-9/h5-6,8H,7H2,1-4H3. The van der Waals surface area contributed by atoms with Crippen molar-refractivity contribution in [2.75, 3.05) is 0 Å². The van der Waals surface area contributed by atoms with Gasteiger partial charge in [0, 0.05) is 23.5 Å². The summed E-state index contributed by atoms with van der Waals surface area (Å²) < 4.78 is 1.86. The number of rotatable bonds is 3. The third-order valence-corrected chi connectivity index (χ3v) is 2.52. The summed E-state index contributed by atoms with van der Waals surface area (Å²) in [5.41, 5.74) is 1.32. The number of aromatic nitrogens is 2. The molecule has 74 valence electrons. The molecular weight excluding hydrogens is 228 g/mol. The number of hydrogen-bond donors (Lipinski definition) is 0. The Morgan fingerprint density at radius 3 is 2.62 bits per heavy atom. The summed E-state index contributed by atoms with van der Waals surface area (Å²) in [5.74, 6) is 0. The van der Waals surface area contributed by atoms with Crippen LogP contribution in [-0.4, -0.2) is 14.6 Å². The smallest absolute Gasteiger partial charge is 0.0681 e. The highest BCUT2D eigenvalue weighted by Crippen LogP contribution is 2.28. The molecule has 0 amide bonds. The van der Waals surface area contributed by atoms with Crippen LogP contribution in [0, 0.1) is 0 Å². The van der Waals surface area contributed by atoms with Gasteiger partial charge in [-0.2, -0.15) is 5.10 Å². The lowest BCUT2D eigenvalue weighted by Gasteiger charge is -2.23. The van der Waals surface area contributed by atoms with Crippen molar-refractivity contribution in [3.63, 3.8) is 0 Å². The number of aryl methyl sites for hydroxylation is 1. The first kappa shape index (κ1) is 10.8. The van der Waals surface area contributed by atoms with Crippen LogP contribution in [0.4, 0.5) is 0 Å². The van der Waals surface area contributed by atoms with E-state index in [9.17, 15) is 0 Å². The SMILES string of the molecule is CC(Br)CC(C)(C)c1ccn(C)n1. The zero-order chi connectivity index (χ0) is 10.1. The summed E-state index contributed by atoms with van der Waals surface area (Å²) in [6.45, 7) is 6.63. The minimum Gasteiger partial charge on any atom is -0.276 e. The number of hydrogen-bond acceptors (Lipinski definition) is 1. The van der Waals surface area contributed by atoms with Gasteiger partial charge in [-0.1, -0.05) is 36.7 Å². The Balaban J connectivity index is 2.80. The Morgan fingerprint density at radius 2 is 2.23 bits per heavy atom. The summed E-state index contributed by atoms with van der Waals surface area (Å²) in [7, 11) is 1.96. The zero-order valence-corrected chi connectivity index (χ0v) is 10.3. The summed E-state index contributed by atoms with van der Waals surface area (Å²) in [6, 6.07) is 2.09. The van der Waals surface area contributed by atoms with Gasteiger partial charge in [0.2, 0.25) is 0 Å². The molecule has 0 radical (unpaired) electrons. The first-order valence-electron chi connectivity index (χ1n) is 4.56. The third-order valence-electron chi connectivity index (χ3n) is 2.20. The van der Waals surface area contributed by atoms with Crippen molar-refractivity contribution in [1.29, 1.82) is 0 Å². The maximum Gasteiger partial charge on any atom is 0.0681 e. The van der Waals surface area contributed by atoms with Gasteiger partial charge in [0.25, 0.3) is 0 Å². The summed E-state index contributed by atoms with van der Waals surface area (Å²) in [6.07, 6.45) is 3.10. The zero-order valence-electron chi connectivity index (χ0n) is 8.71. The minimum atomic E-state index is 0.157. The van der Waals surface area contributed by atoms with Crippen LogP contribution in [0.5, 0.6) is 0 Å².